The van der Waals surface area contributed by atoms with E-state index in [1.807, 2.05) is 0 Å². The predicted octanol–water partition coefficient (Wildman–Crippen LogP) is -1.59. The van der Waals surface area contributed by atoms with Crippen LogP contribution in [0.4, 0.5) is 0 Å². The summed E-state index contributed by atoms with van der Waals surface area (Å²) in [6.07, 6.45) is 1.63. The van der Waals surface area contributed by atoms with E-state index in [9.17, 15) is 9.59 Å². The van der Waals surface area contributed by atoms with Crippen molar-refractivity contribution in [1.29, 1.82) is 0 Å². The van der Waals surface area contributed by atoms with Crippen molar-refractivity contribution in [2.45, 2.75) is 0 Å². The maximum Gasteiger partial charge on any atom is 0.209 e. The molecule has 0 saturated carbocycles. The molecule has 2 aliphatic heterocycles. The van der Waals surface area contributed by atoms with Gasteiger partial charge in [0.1, 0.15) is 0 Å². The summed E-state index contributed by atoms with van der Waals surface area (Å²) in [6, 6.07) is 0. The Morgan fingerprint density at radius 2 is 2.29 bits per heavy atom. The Bertz CT molecular complexity index is 240. The standard InChI is InChI=1S/C9H15N3O2/c13-6-10-1-8-2-12(7-14)5-9(8)3-11-4-9/h6-8,11H,1-5H2,(H,10,13). The number of nitrogens with one attached hydrogen (secondary N) is 2. The van der Waals surface area contributed by atoms with Gasteiger partial charge in [-0.05, 0) is 0 Å². The Labute approximate surface area is 82.8 Å². The van der Waals surface area contributed by atoms with Gasteiger partial charge in [0, 0.05) is 44.1 Å². The van der Waals surface area contributed by atoms with E-state index in [4.69, 9.17) is 0 Å². The van der Waals surface area contributed by atoms with Gasteiger partial charge < -0.3 is 15.5 Å². The molecule has 1 spiro atoms. The second kappa shape index (κ2) is 3.57. The summed E-state index contributed by atoms with van der Waals surface area (Å²) in [6.45, 7) is 4.20. The van der Waals surface area contributed by atoms with Gasteiger partial charge >= 0.3 is 0 Å². The summed E-state index contributed by atoms with van der Waals surface area (Å²) < 4.78 is 0. The molecule has 5 heteroatoms. The van der Waals surface area contributed by atoms with Crippen LogP contribution in [0.15, 0.2) is 0 Å². The summed E-state index contributed by atoms with van der Waals surface area (Å²) in [5.41, 5.74) is 0.219. The van der Waals surface area contributed by atoms with Gasteiger partial charge in [-0.1, -0.05) is 0 Å². The van der Waals surface area contributed by atoms with Gasteiger partial charge in [0.05, 0.1) is 0 Å². The van der Waals surface area contributed by atoms with Gasteiger partial charge in [0.25, 0.3) is 0 Å². The number of carbonyl (C=O) groups excluding carboxylic acids is 2. The van der Waals surface area contributed by atoms with Crippen LogP contribution in [0, 0.1) is 11.3 Å². The molecule has 0 radical (unpaired) electrons. The second-order valence-electron chi connectivity index (χ2n) is 4.22. The van der Waals surface area contributed by atoms with Gasteiger partial charge in [-0.25, -0.2) is 0 Å². The molecule has 2 amide bonds. The van der Waals surface area contributed by atoms with Crippen molar-refractivity contribution in [2.75, 3.05) is 32.7 Å². The van der Waals surface area contributed by atoms with Crippen LogP contribution in [0.1, 0.15) is 0 Å². The largest absolute Gasteiger partial charge is 0.358 e. The molecule has 2 rings (SSSR count). The second-order valence-corrected chi connectivity index (χ2v) is 4.22. The molecule has 2 N–H and O–H groups in total. The number of nitrogens with zero attached hydrogens (tertiary/aromatic N) is 1. The van der Waals surface area contributed by atoms with Crippen LogP contribution in [0.5, 0.6) is 0 Å². The molecule has 0 aliphatic carbocycles. The van der Waals surface area contributed by atoms with Crippen LogP contribution in [-0.4, -0.2) is 50.4 Å². The minimum Gasteiger partial charge on any atom is -0.358 e. The summed E-state index contributed by atoms with van der Waals surface area (Å²) in [4.78, 5) is 22.7. The first-order valence-electron chi connectivity index (χ1n) is 4.88. The zero-order valence-electron chi connectivity index (χ0n) is 8.03. The van der Waals surface area contributed by atoms with E-state index in [0.29, 0.717) is 12.5 Å². The number of carbonyl (C=O) groups is 2. The van der Waals surface area contributed by atoms with Crippen molar-refractivity contribution in [3.63, 3.8) is 0 Å². The van der Waals surface area contributed by atoms with E-state index in [0.717, 1.165) is 39.0 Å². The van der Waals surface area contributed by atoms with Crippen LogP contribution in [-0.2, 0) is 9.59 Å². The first kappa shape index (κ1) is 9.45. The lowest BCUT2D eigenvalue weighted by Crippen LogP contribution is -2.59. The van der Waals surface area contributed by atoms with Crippen molar-refractivity contribution in [2.24, 2.45) is 11.3 Å². The summed E-state index contributed by atoms with van der Waals surface area (Å²) >= 11 is 0. The number of rotatable bonds is 4. The Hall–Kier alpha value is -1.10. The van der Waals surface area contributed by atoms with Crippen molar-refractivity contribution in [3.8, 4) is 0 Å². The average molecular weight is 197 g/mol. The lowest BCUT2D eigenvalue weighted by atomic mass is 9.73. The lowest BCUT2D eigenvalue weighted by molar-refractivity contribution is -0.117. The molecule has 1 atom stereocenters. The molecule has 0 aromatic heterocycles. The van der Waals surface area contributed by atoms with E-state index >= 15 is 0 Å². The highest BCUT2D eigenvalue weighted by Crippen LogP contribution is 2.38. The van der Waals surface area contributed by atoms with Crippen LogP contribution >= 0.6 is 0 Å². The summed E-state index contributed by atoms with van der Waals surface area (Å²) in [5, 5.41) is 5.94. The fourth-order valence-corrected chi connectivity index (χ4v) is 2.47. The van der Waals surface area contributed by atoms with Crippen molar-refractivity contribution in [1.82, 2.24) is 15.5 Å². The van der Waals surface area contributed by atoms with Gasteiger partial charge in [0.15, 0.2) is 0 Å². The normalized spacial score (nSPS) is 28.6. The first-order chi connectivity index (χ1) is 6.80. The predicted molar refractivity (Wildman–Crippen MR) is 50.5 cm³/mol. The Kier molecular flexibility index (Phi) is 2.41. The molecule has 0 aromatic carbocycles. The third-order valence-electron chi connectivity index (χ3n) is 3.39. The maximum atomic E-state index is 10.7. The molecule has 2 fully saturated rings. The van der Waals surface area contributed by atoms with Crippen LogP contribution in [0.3, 0.4) is 0 Å². The topological polar surface area (TPSA) is 61.4 Å². The van der Waals surface area contributed by atoms with Gasteiger partial charge in [-0.2, -0.15) is 0 Å². The third kappa shape index (κ3) is 1.37. The average Bonchev–Trinajstić information content (AvgIpc) is 2.53. The molecule has 0 aromatic rings. The van der Waals surface area contributed by atoms with Gasteiger partial charge in [-0.15, -0.1) is 0 Å². The van der Waals surface area contributed by atoms with Crippen LogP contribution < -0.4 is 10.6 Å². The zero-order chi connectivity index (χ0) is 10.0. The third-order valence-corrected chi connectivity index (χ3v) is 3.39. The molecule has 1 unspecified atom stereocenters. The fraction of sp³-hybridized carbons (Fsp3) is 0.778. The van der Waals surface area contributed by atoms with E-state index in [1.54, 1.807) is 4.90 Å². The molecule has 2 saturated heterocycles. The van der Waals surface area contributed by atoms with Crippen molar-refractivity contribution < 1.29 is 9.59 Å². The number of likely N-dealkylation sites (tertiary alicyclic amines) is 1. The fourth-order valence-electron chi connectivity index (χ4n) is 2.47. The number of amides is 2. The molecular formula is C9H15N3O2. The van der Waals surface area contributed by atoms with Crippen LogP contribution in [0.2, 0.25) is 0 Å². The highest BCUT2D eigenvalue weighted by Gasteiger charge is 2.49. The van der Waals surface area contributed by atoms with Crippen molar-refractivity contribution in [3.05, 3.63) is 0 Å². The Morgan fingerprint density at radius 3 is 2.79 bits per heavy atom. The van der Waals surface area contributed by atoms with Crippen molar-refractivity contribution >= 4 is 12.8 Å². The van der Waals surface area contributed by atoms with E-state index in [2.05, 4.69) is 10.6 Å². The van der Waals surface area contributed by atoms with E-state index in [1.165, 1.54) is 0 Å². The molecule has 2 heterocycles. The molecule has 2 aliphatic rings. The Balaban J connectivity index is 1.98. The minimum atomic E-state index is 0.219. The molecule has 0 bridgehead atoms. The number of hydrogen-bond acceptors (Lipinski definition) is 3. The smallest absolute Gasteiger partial charge is 0.209 e. The lowest BCUT2D eigenvalue weighted by Gasteiger charge is -2.43. The molecule has 14 heavy (non-hydrogen) atoms. The maximum absolute atomic E-state index is 10.7. The summed E-state index contributed by atoms with van der Waals surface area (Å²) in [7, 11) is 0. The highest BCUT2D eigenvalue weighted by atomic mass is 16.1. The highest BCUT2D eigenvalue weighted by molar-refractivity contribution is 5.49. The van der Waals surface area contributed by atoms with Gasteiger partial charge in [0.2, 0.25) is 12.8 Å². The number of hydrogen-bond donors (Lipinski definition) is 2. The van der Waals surface area contributed by atoms with E-state index < -0.39 is 0 Å². The zero-order valence-corrected chi connectivity index (χ0v) is 8.03. The minimum absolute atomic E-state index is 0.219. The monoisotopic (exact) mass is 197 g/mol. The molecule has 5 nitrogen and oxygen atoms in total. The molecular weight excluding hydrogens is 182 g/mol. The SMILES string of the molecule is O=CNCC1CN(C=O)CC12CNC2. The first-order valence-corrected chi connectivity index (χ1v) is 4.88. The quantitative estimate of drug-likeness (QED) is 0.534. The Morgan fingerprint density at radius 1 is 1.50 bits per heavy atom. The van der Waals surface area contributed by atoms with E-state index in [-0.39, 0.29) is 5.41 Å². The summed E-state index contributed by atoms with van der Waals surface area (Å²) in [5.74, 6) is 0.402. The van der Waals surface area contributed by atoms with Crippen LogP contribution in [0.25, 0.3) is 0 Å². The van der Waals surface area contributed by atoms with Gasteiger partial charge in [-0.3, -0.25) is 9.59 Å². The molecule has 78 valence electrons.